The third-order valence-electron chi connectivity index (χ3n) is 7.90. The van der Waals surface area contributed by atoms with Crippen molar-refractivity contribution in [3.05, 3.63) is 143 Å². The van der Waals surface area contributed by atoms with Crippen LogP contribution in [0.4, 0.5) is 0 Å². The third kappa shape index (κ3) is 5.71. The van der Waals surface area contributed by atoms with Crippen LogP contribution in [0.1, 0.15) is 52.6 Å². The molecule has 46 heavy (non-hydrogen) atoms. The molecule has 10 nitrogen and oxygen atoms in total. The molecule has 0 saturated carbocycles. The van der Waals surface area contributed by atoms with Gasteiger partial charge in [0.15, 0.2) is 5.11 Å². The highest BCUT2D eigenvalue weighted by Crippen LogP contribution is 2.27. The second kappa shape index (κ2) is 12.7. The van der Waals surface area contributed by atoms with Crippen LogP contribution in [0.3, 0.4) is 0 Å². The van der Waals surface area contributed by atoms with Gasteiger partial charge in [0.25, 0.3) is 23.6 Å². The molecular weight excluding hydrogens is 604 g/mol. The number of hydrogen-bond acceptors (Lipinski definition) is 7. The van der Waals surface area contributed by atoms with Crippen LogP contribution < -0.4 is 10.6 Å². The summed E-state index contributed by atoms with van der Waals surface area (Å²) in [6, 6.07) is 27.7. The number of amides is 6. The van der Waals surface area contributed by atoms with Crippen LogP contribution in [0.5, 0.6) is 0 Å². The highest BCUT2D eigenvalue weighted by molar-refractivity contribution is 7.80. The highest BCUT2D eigenvalue weighted by atomic mass is 32.1. The maximum Gasteiger partial charge on any atom is 0.262 e. The van der Waals surface area contributed by atoms with Crippen molar-refractivity contribution in [3.63, 3.8) is 0 Å². The maximum absolute atomic E-state index is 13.7. The van der Waals surface area contributed by atoms with E-state index in [-0.39, 0.29) is 35.1 Å². The zero-order valence-corrected chi connectivity index (χ0v) is 25.0. The molecule has 6 rings (SSSR count). The lowest BCUT2D eigenvalue weighted by Crippen LogP contribution is -2.57. The first-order chi connectivity index (χ1) is 22.2. The van der Waals surface area contributed by atoms with Crippen molar-refractivity contribution in [2.45, 2.75) is 24.9 Å². The predicted octanol–water partition coefficient (Wildman–Crippen LogP) is 3.32. The molecular formula is C35H26N4O6S. The SMILES string of the molecule is O=C(NC(=S)NC(=O)[C@H](Cc1ccccc1)N1C(=O)c2ccccc2C1=O)[C@H](Cc1ccccc1)N1C(=O)c2ccccc2C1=O. The van der Waals surface area contributed by atoms with Gasteiger partial charge < -0.3 is 10.6 Å². The summed E-state index contributed by atoms with van der Waals surface area (Å²) in [5.74, 6) is -4.10. The van der Waals surface area contributed by atoms with E-state index in [9.17, 15) is 28.8 Å². The Morgan fingerprint density at radius 3 is 1.09 bits per heavy atom. The van der Waals surface area contributed by atoms with E-state index in [2.05, 4.69) is 10.6 Å². The monoisotopic (exact) mass is 630 g/mol. The van der Waals surface area contributed by atoms with Crippen molar-refractivity contribution in [2.75, 3.05) is 0 Å². The Hall–Kier alpha value is -5.81. The van der Waals surface area contributed by atoms with Gasteiger partial charge in [-0.15, -0.1) is 0 Å². The van der Waals surface area contributed by atoms with E-state index in [4.69, 9.17) is 12.2 Å². The van der Waals surface area contributed by atoms with Crippen molar-refractivity contribution in [2.24, 2.45) is 0 Å². The Balaban J connectivity index is 1.23. The second-order valence-corrected chi connectivity index (χ2v) is 11.2. The summed E-state index contributed by atoms with van der Waals surface area (Å²) in [4.78, 5) is 82.5. The summed E-state index contributed by atoms with van der Waals surface area (Å²) in [6.07, 6.45) is -0.0270. The molecule has 0 unspecified atom stereocenters. The molecule has 4 aromatic rings. The van der Waals surface area contributed by atoms with Gasteiger partial charge in [-0.1, -0.05) is 84.9 Å². The molecule has 4 aromatic carbocycles. The van der Waals surface area contributed by atoms with E-state index in [1.165, 1.54) is 24.3 Å². The van der Waals surface area contributed by atoms with Crippen LogP contribution >= 0.6 is 12.2 Å². The number of rotatable bonds is 8. The van der Waals surface area contributed by atoms with E-state index < -0.39 is 52.6 Å². The van der Waals surface area contributed by atoms with Crippen LogP contribution in [0.15, 0.2) is 109 Å². The molecule has 0 saturated heterocycles. The average Bonchev–Trinajstić information content (AvgIpc) is 3.47. The minimum atomic E-state index is -1.30. The van der Waals surface area contributed by atoms with Crippen LogP contribution in [-0.2, 0) is 22.4 Å². The smallest absolute Gasteiger partial charge is 0.262 e. The van der Waals surface area contributed by atoms with Crippen molar-refractivity contribution < 1.29 is 28.8 Å². The first kappa shape index (κ1) is 30.2. The maximum atomic E-state index is 13.7. The highest BCUT2D eigenvalue weighted by Gasteiger charge is 2.44. The molecule has 0 fully saturated rings. The Kier molecular flexibility index (Phi) is 8.32. The summed E-state index contributed by atoms with van der Waals surface area (Å²) in [6.45, 7) is 0. The van der Waals surface area contributed by atoms with Crippen molar-refractivity contribution >= 4 is 52.8 Å². The molecule has 0 radical (unpaired) electrons. The number of nitrogens with one attached hydrogen (secondary N) is 2. The second-order valence-electron chi connectivity index (χ2n) is 10.8. The van der Waals surface area contributed by atoms with E-state index in [0.717, 1.165) is 9.80 Å². The molecule has 0 bridgehead atoms. The Morgan fingerprint density at radius 1 is 0.500 bits per heavy atom. The van der Waals surface area contributed by atoms with Crippen LogP contribution in [-0.4, -0.2) is 62.4 Å². The van der Waals surface area contributed by atoms with Gasteiger partial charge in [0.2, 0.25) is 11.8 Å². The summed E-state index contributed by atoms with van der Waals surface area (Å²) >= 11 is 5.34. The standard InChI is InChI=1S/C35H26N4O6S/c40-29(27(19-21-11-3-1-4-12-21)38-31(42)23-15-7-8-16-24(23)32(38)43)36-35(46)37-30(41)28(20-22-13-5-2-6-14-22)39-33(44)25-17-9-10-18-26(25)34(39)45/h1-18,27-28H,19-20H2,(H2,36,37,40,41,46)/t27-,28-/m0/s1. The number of fused-ring (bicyclic) bond motifs is 2. The summed E-state index contributed by atoms with van der Waals surface area (Å²) in [7, 11) is 0. The van der Waals surface area contributed by atoms with Gasteiger partial charge in [-0.25, -0.2) is 0 Å². The molecule has 2 N–H and O–H groups in total. The number of nitrogens with zero attached hydrogens (tertiary/aromatic N) is 2. The molecule has 2 aliphatic heterocycles. The number of carbonyl (C=O) groups excluding carboxylic acids is 6. The lowest BCUT2D eigenvalue weighted by molar-refractivity contribution is -0.124. The minimum absolute atomic E-state index is 0.0135. The zero-order chi connectivity index (χ0) is 32.4. The van der Waals surface area contributed by atoms with Crippen molar-refractivity contribution in [3.8, 4) is 0 Å². The van der Waals surface area contributed by atoms with E-state index in [1.54, 1.807) is 84.9 Å². The molecule has 0 aromatic heterocycles. The van der Waals surface area contributed by atoms with E-state index in [0.29, 0.717) is 11.1 Å². The number of thiocarbonyl (C=S) groups is 1. The fourth-order valence-electron chi connectivity index (χ4n) is 5.68. The van der Waals surface area contributed by atoms with Gasteiger partial charge in [-0.2, -0.15) is 0 Å². The molecule has 6 amide bonds. The average molecular weight is 631 g/mol. The number of benzene rings is 4. The van der Waals surface area contributed by atoms with Gasteiger partial charge >= 0.3 is 0 Å². The fourth-order valence-corrected chi connectivity index (χ4v) is 5.88. The van der Waals surface area contributed by atoms with Crippen LogP contribution in [0, 0.1) is 0 Å². The predicted molar refractivity (Wildman–Crippen MR) is 171 cm³/mol. The molecule has 2 aliphatic rings. The van der Waals surface area contributed by atoms with Crippen LogP contribution in [0.2, 0.25) is 0 Å². The number of hydrogen-bond donors (Lipinski definition) is 2. The lowest BCUT2D eigenvalue weighted by atomic mass is 10.0. The Morgan fingerprint density at radius 2 is 0.783 bits per heavy atom. The fraction of sp³-hybridized carbons (Fsp3) is 0.114. The molecule has 0 spiro atoms. The topological polar surface area (TPSA) is 133 Å². The van der Waals surface area contributed by atoms with Gasteiger partial charge in [-0.3, -0.25) is 38.6 Å². The van der Waals surface area contributed by atoms with Gasteiger partial charge in [-0.05, 0) is 47.6 Å². The Labute approximate surface area is 269 Å². The first-order valence-electron chi connectivity index (χ1n) is 14.4. The Bertz CT molecular complexity index is 1710. The van der Waals surface area contributed by atoms with Gasteiger partial charge in [0.05, 0.1) is 22.3 Å². The van der Waals surface area contributed by atoms with Crippen LogP contribution in [0.25, 0.3) is 0 Å². The van der Waals surface area contributed by atoms with E-state index in [1.807, 2.05) is 0 Å². The van der Waals surface area contributed by atoms with Crippen molar-refractivity contribution in [1.82, 2.24) is 20.4 Å². The summed E-state index contributed by atoms with van der Waals surface area (Å²) in [5.41, 5.74) is 2.08. The molecule has 228 valence electrons. The van der Waals surface area contributed by atoms with E-state index >= 15 is 0 Å². The van der Waals surface area contributed by atoms with Crippen molar-refractivity contribution in [1.29, 1.82) is 0 Å². The zero-order valence-electron chi connectivity index (χ0n) is 24.2. The summed E-state index contributed by atoms with van der Waals surface area (Å²) < 4.78 is 0. The third-order valence-corrected chi connectivity index (χ3v) is 8.10. The lowest BCUT2D eigenvalue weighted by Gasteiger charge is -2.27. The molecule has 2 heterocycles. The number of carbonyl (C=O) groups is 6. The van der Waals surface area contributed by atoms with Gasteiger partial charge in [0, 0.05) is 12.8 Å². The molecule has 0 aliphatic carbocycles. The summed E-state index contributed by atoms with van der Waals surface area (Å²) in [5, 5.41) is 4.48. The largest absolute Gasteiger partial charge is 0.301 e. The minimum Gasteiger partial charge on any atom is -0.301 e. The first-order valence-corrected chi connectivity index (χ1v) is 14.8. The quantitative estimate of drug-likeness (QED) is 0.226. The molecule has 11 heteroatoms. The van der Waals surface area contributed by atoms with Gasteiger partial charge in [0.1, 0.15) is 12.1 Å². The normalized spacial score (nSPS) is 14.9. The molecule has 2 atom stereocenters. The number of imide groups is 2.